The molecule has 0 unspecified atom stereocenters. The summed E-state index contributed by atoms with van der Waals surface area (Å²) in [6.07, 6.45) is -0.631. The molecule has 126 valence electrons. The van der Waals surface area contributed by atoms with E-state index in [2.05, 4.69) is 10.2 Å². The number of halogens is 1. The predicted octanol–water partition coefficient (Wildman–Crippen LogP) is 1.07. The van der Waals surface area contributed by atoms with Gasteiger partial charge in [-0.3, -0.25) is 4.90 Å². The third kappa shape index (κ3) is 3.09. The lowest BCUT2D eigenvalue weighted by Gasteiger charge is -2.25. The molecule has 2 aromatic rings. The number of aliphatic hydroxyl groups excluding tert-OH is 1. The first-order valence-corrected chi connectivity index (χ1v) is 7.60. The van der Waals surface area contributed by atoms with Gasteiger partial charge in [0, 0.05) is 20.0 Å². The Morgan fingerprint density at radius 1 is 1.46 bits per heavy atom. The molecule has 2 heterocycles. The third-order valence-corrected chi connectivity index (χ3v) is 4.22. The van der Waals surface area contributed by atoms with Crippen LogP contribution >= 0.6 is 0 Å². The number of rotatable bonds is 4. The van der Waals surface area contributed by atoms with E-state index >= 15 is 0 Å². The minimum absolute atomic E-state index is 0.000490. The number of aromatic nitrogens is 2. The average molecular weight is 331 g/mol. The van der Waals surface area contributed by atoms with E-state index < -0.39 is 11.9 Å². The first-order valence-electron chi connectivity index (χ1n) is 7.60. The highest BCUT2D eigenvalue weighted by Gasteiger charge is 2.35. The molecule has 1 N–H and O–H groups in total. The van der Waals surface area contributed by atoms with E-state index in [4.69, 9.17) is 4.42 Å². The molecule has 1 aromatic carbocycles. The molecule has 7 nitrogen and oxygen atoms in total. The molecule has 0 bridgehead atoms. The summed E-state index contributed by atoms with van der Waals surface area (Å²) in [6, 6.07) is 6.23. The van der Waals surface area contributed by atoms with Crippen LogP contribution in [0.1, 0.15) is 17.3 Å². The highest BCUT2D eigenvalue weighted by molar-refractivity contribution is 5.60. The van der Waals surface area contributed by atoms with Crippen molar-refractivity contribution >= 4 is 5.69 Å². The Balaban J connectivity index is 1.75. The summed E-state index contributed by atoms with van der Waals surface area (Å²) < 4.78 is 19.2. The number of nitrogens with zero attached hydrogens (tertiary/aromatic N) is 5. The molecule has 1 saturated heterocycles. The van der Waals surface area contributed by atoms with Gasteiger partial charge in [0.05, 0.1) is 24.4 Å². The lowest BCUT2D eigenvalue weighted by molar-refractivity contribution is 0.0903. The number of anilines is 1. The zero-order valence-corrected chi connectivity index (χ0v) is 13.5. The molecule has 0 radical (unpaired) electrons. The fourth-order valence-electron chi connectivity index (χ4n) is 3.02. The zero-order valence-electron chi connectivity index (χ0n) is 13.5. The summed E-state index contributed by atoms with van der Waals surface area (Å²) in [5.41, 5.74) is 0.501. The van der Waals surface area contributed by atoms with Crippen molar-refractivity contribution < 1.29 is 13.9 Å². The topological polar surface area (TPSA) is 89.4 Å². The average Bonchev–Trinajstić information content (AvgIpc) is 3.12. The van der Waals surface area contributed by atoms with E-state index in [1.165, 1.54) is 6.07 Å². The normalized spacial score (nSPS) is 20.6. The van der Waals surface area contributed by atoms with Gasteiger partial charge in [0.15, 0.2) is 0 Å². The highest BCUT2D eigenvalue weighted by atomic mass is 19.1. The number of β-amino-alcohol motifs (C(OH)–C–C–N with tert-alkyl or cyclic N) is 1. The Morgan fingerprint density at radius 3 is 2.92 bits per heavy atom. The molecular formula is C16H18FN5O2. The molecule has 0 spiro atoms. The van der Waals surface area contributed by atoms with Crippen LogP contribution in [0, 0.1) is 24.1 Å². The number of hydrogen-bond acceptors (Lipinski definition) is 7. The van der Waals surface area contributed by atoms with E-state index in [1.807, 2.05) is 22.9 Å². The fourth-order valence-corrected chi connectivity index (χ4v) is 3.02. The zero-order chi connectivity index (χ0) is 17.3. The molecule has 1 fully saturated rings. The number of hydrogen-bond donors (Lipinski definition) is 1. The molecule has 1 aromatic heterocycles. The number of benzene rings is 1. The predicted molar refractivity (Wildman–Crippen MR) is 83.6 cm³/mol. The number of aliphatic hydroxyl groups is 1. The lowest BCUT2D eigenvalue weighted by atomic mass is 10.1. The van der Waals surface area contributed by atoms with E-state index in [-0.39, 0.29) is 11.6 Å². The van der Waals surface area contributed by atoms with Crippen LogP contribution in [0.15, 0.2) is 22.6 Å². The molecule has 0 aliphatic carbocycles. The second kappa shape index (κ2) is 6.55. The number of aryl methyl sites for hydroxylation is 1. The maximum absolute atomic E-state index is 13.8. The van der Waals surface area contributed by atoms with E-state index in [0.29, 0.717) is 37.1 Å². The summed E-state index contributed by atoms with van der Waals surface area (Å²) in [5, 5.41) is 27.3. The van der Waals surface area contributed by atoms with Crippen molar-refractivity contribution in [2.45, 2.75) is 25.6 Å². The van der Waals surface area contributed by atoms with Gasteiger partial charge in [-0.25, -0.2) is 4.39 Å². The minimum Gasteiger partial charge on any atom is -0.424 e. The van der Waals surface area contributed by atoms with Crippen LogP contribution in [0.3, 0.4) is 0 Å². The largest absolute Gasteiger partial charge is 0.424 e. The molecule has 0 saturated carbocycles. The smallest absolute Gasteiger partial charge is 0.230 e. The number of nitriles is 1. The van der Waals surface area contributed by atoms with Crippen LogP contribution in [-0.4, -0.2) is 52.5 Å². The standard InChI is InChI=1S/C16H18FN5O2/c1-10-19-20-16(24-10)9-21(2)14-7-22(8-15(14)23)13-5-3-4-12(17)11(13)6-18/h3-5,14-15,23H,7-9H2,1-2H3/t14-,15+/m0/s1. The van der Waals surface area contributed by atoms with Gasteiger partial charge < -0.3 is 14.4 Å². The van der Waals surface area contributed by atoms with E-state index in [0.717, 1.165) is 0 Å². The quantitative estimate of drug-likeness (QED) is 0.896. The lowest BCUT2D eigenvalue weighted by Crippen LogP contribution is -2.40. The van der Waals surface area contributed by atoms with Gasteiger partial charge in [-0.05, 0) is 19.2 Å². The highest BCUT2D eigenvalue weighted by Crippen LogP contribution is 2.28. The second-order valence-electron chi connectivity index (χ2n) is 5.92. The molecule has 24 heavy (non-hydrogen) atoms. The Kier molecular flexibility index (Phi) is 4.46. The summed E-state index contributed by atoms with van der Waals surface area (Å²) in [7, 11) is 1.85. The van der Waals surface area contributed by atoms with Gasteiger partial charge in [0.1, 0.15) is 17.4 Å². The summed E-state index contributed by atoms with van der Waals surface area (Å²) >= 11 is 0. The van der Waals surface area contributed by atoms with Crippen molar-refractivity contribution in [2.24, 2.45) is 0 Å². The molecule has 1 aliphatic rings. The fraction of sp³-hybridized carbons (Fsp3) is 0.438. The summed E-state index contributed by atoms with van der Waals surface area (Å²) in [5.74, 6) is 0.414. The third-order valence-electron chi connectivity index (χ3n) is 4.22. The molecular weight excluding hydrogens is 313 g/mol. The van der Waals surface area contributed by atoms with Crippen molar-refractivity contribution in [3.05, 3.63) is 41.4 Å². The first kappa shape index (κ1) is 16.4. The SMILES string of the molecule is Cc1nnc(CN(C)[C@H]2CN(c3cccc(F)c3C#N)C[C@H]2O)o1. The summed E-state index contributed by atoms with van der Waals surface area (Å²) in [6.45, 7) is 2.93. The number of likely N-dealkylation sites (N-methyl/N-ethyl adjacent to an activating group) is 1. The van der Waals surface area contributed by atoms with Gasteiger partial charge in [0.2, 0.25) is 11.8 Å². The maximum Gasteiger partial charge on any atom is 0.230 e. The summed E-state index contributed by atoms with van der Waals surface area (Å²) in [4.78, 5) is 3.75. The Bertz CT molecular complexity index is 772. The second-order valence-corrected chi connectivity index (χ2v) is 5.92. The van der Waals surface area contributed by atoms with Crippen LogP contribution < -0.4 is 4.90 Å². The van der Waals surface area contributed by atoms with E-state index in [1.54, 1.807) is 19.1 Å². The molecule has 0 amide bonds. The van der Waals surface area contributed by atoms with E-state index in [9.17, 15) is 14.8 Å². The van der Waals surface area contributed by atoms with Crippen LogP contribution in [0.25, 0.3) is 0 Å². The molecule has 2 atom stereocenters. The van der Waals surface area contributed by atoms with Gasteiger partial charge in [-0.2, -0.15) is 5.26 Å². The maximum atomic E-state index is 13.8. The van der Waals surface area contributed by atoms with Crippen molar-refractivity contribution in [3.63, 3.8) is 0 Å². The van der Waals surface area contributed by atoms with Crippen LogP contribution in [0.2, 0.25) is 0 Å². The van der Waals surface area contributed by atoms with Crippen LogP contribution in [0.4, 0.5) is 10.1 Å². The first-order chi connectivity index (χ1) is 11.5. The van der Waals surface area contributed by atoms with Crippen LogP contribution in [0.5, 0.6) is 0 Å². The minimum atomic E-state index is -0.631. The monoisotopic (exact) mass is 331 g/mol. The Morgan fingerprint density at radius 2 is 2.25 bits per heavy atom. The van der Waals surface area contributed by atoms with Gasteiger partial charge in [-0.15, -0.1) is 10.2 Å². The van der Waals surface area contributed by atoms with Gasteiger partial charge in [0.25, 0.3) is 0 Å². The molecule has 3 rings (SSSR count). The molecule has 8 heteroatoms. The molecule has 1 aliphatic heterocycles. The Hall–Kier alpha value is -2.50. The van der Waals surface area contributed by atoms with Crippen LogP contribution in [-0.2, 0) is 6.54 Å². The van der Waals surface area contributed by atoms with Crippen molar-refractivity contribution in [3.8, 4) is 6.07 Å². The van der Waals surface area contributed by atoms with Gasteiger partial charge >= 0.3 is 0 Å². The van der Waals surface area contributed by atoms with Crippen molar-refractivity contribution in [1.82, 2.24) is 15.1 Å². The Labute approximate surface area is 138 Å². The van der Waals surface area contributed by atoms with Crippen molar-refractivity contribution in [1.29, 1.82) is 5.26 Å². The van der Waals surface area contributed by atoms with Crippen molar-refractivity contribution in [2.75, 3.05) is 25.0 Å². The van der Waals surface area contributed by atoms with Gasteiger partial charge in [-0.1, -0.05) is 6.07 Å².